The van der Waals surface area contributed by atoms with Crippen molar-refractivity contribution in [2.45, 2.75) is 38.5 Å². The molecule has 2 atom stereocenters. The molecular formula is C21H22ClNS. The summed E-state index contributed by atoms with van der Waals surface area (Å²) in [5.74, 6) is 0. The first kappa shape index (κ1) is 16.1. The van der Waals surface area contributed by atoms with Crippen molar-refractivity contribution >= 4 is 35.3 Å². The van der Waals surface area contributed by atoms with Crippen LogP contribution in [0.15, 0.2) is 48.5 Å². The Morgan fingerprint density at radius 2 is 1.92 bits per heavy atom. The average molecular weight is 356 g/mol. The molecule has 2 aromatic carbocycles. The van der Waals surface area contributed by atoms with E-state index in [1.807, 2.05) is 24.1 Å². The van der Waals surface area contributed by atoms with Crippen LogP contribution in [0, 0.1) is 12.3 Å². The van der Waals surface area contributed by atoms with Gasteiger partial charge in [-0.2, -0.15) is 0 Å². The van der Waals surface area contributed by atoms with Gasteiger partial charge in [-0.1, -0.05) is 61.9 Å². The Labute approximate surface area is 153 Å². The van der Waals surface area contributed by atoms with Crippen LogP contribution in [0.25, 0.3) is 6.08 Å². The second-order valence-electron chi connectivity index (χ2n) is 7.38. The standard InChI is InChI=1S/C21H22ClNS/c1-14-5-4-6-18-17(14)13-19-21(2,3)20(24-23(18)19)12-9-15-7-10-16(22)11-8-15/h4-12,19-20H,13H2,1-3H3. The Balaban J connectivity index is 1.60. The van der Waals surface area contributed by atoms with Crippen LogP contribution in [0.4, 0.5) is 5.69 Å². The second kappa shape index (κ2) is 5.86. The molecule has 0 bridgehead atoms. The summed E-state index contributed by atoms with van der Waals surface area (Å²) in [5, 5.41) is 1.27. The molecule has 0 saturated carbocycles. The van der Waals surface area contributed by atoms with Crippen molar-refractivity contribution in [2.75, 3.05) is 4.31 Å². The van der Waals surface area contributed by atoms with Gasteiger partial charge in [0, 0.05) is 10.4 Å². The van der Waals surface area contributed by atoms with Crippen molar-refractivity contribution in [1.29, 1.82) is 0 Å². The minimum atomic E-state index is 0.235. The molecule has 2 aliphatic rings. The zero-order valence-corrected chi connectivity index (χ0v) is 15.9. The summed E-state index contributed by atoms with van der Waals surface area (Å²) in [4.78, 5) is 0. The molecule has 4 rings (SSSR count). The largest absolute Gasteiger partial charge is 0.311 e. The van der Waals surface area contributed by atoms with Gasteiger partial charge >= 0.3 is 0 Å². The third-order valence-electron chi connectivity index (χ3n) is 5.46. The fourth-order valence-corrected chi connectivity index (χ4v) is 5.53. The second-order valence-corrected chi connectivity index (χ2v) is 8.92. The van der Waals surface area contributed by atoms with Gasteiger partial charge in [-0.05, 0) is 60.2 Å². The predicted octanol–water partition coefficient (Wildman–Crippen LogP) is 6.15. The molecule has 3 heteroatoms. The van der Waals surface area contributed by atoms with Gasteiger partial charge in [0.15, 0.2) is 0 Å². The van der Waals surface area contributed by atoms with E-state index in [0.29, 0.717) is 11.3 Å². The average Bonchev–Trinajstić information content (AvgIpc) is 3.04. The van der Waals surface area contributed by atoms with Crippen molar-refractivity contribution in [2.24, 2.45) is 5.41 Å². The summed E-state index contributed by atoms with van der Waals surface area (Å²) in [6, 6.07) is 15.3. The van der Waals surface area contributed by atoms with Gasteiger partial charge in [0.25, 0.3) is 0 Å². The molecule has 0 N–H and O–H groups in total. The predicted molar refractivity (Wildman–Crippen MR) is 107 cm³/mol. The molecule has 2 heterocycles. The fourth-order valence-electron chi connectivity index (χ4n) is 3.80. The number of anilines is 1. The summed E-state index contributed by atoms with van der Waals surface area (Å²) < 4.78 is 2.55. The first-order valence-electron chi connectivity index (χ1n) is 8.45. The van der Waals surface area contributed by atoms with E-state index in [1.165, 1.54) is 22.4 Å². The van der Waals surface area contributed by atoms with E-state index in [-0.39, 0.29) is 5.41 Å². The van der Waals surface area contributed by atoms with Crippen LogP contribution >= 0.6 is 23.5 Å². The van der Waals surface area contributed by atoms with Crippen molar-refractivity contribution in [3.8, 4) is 0 Å². The lowest BCUT2D eigenvalue weighted by Gasteiger charge is -2.28. The molecule has 0 aliphatic carbocycles. The topological polar surface area (TPSA) is 3.24 Å². The molecule has 124 valence electrons. The van der Waals surface area contributed by atoms with Crippen molar-refractivity contribution in [3.05, 3.63) is 70.3 Å². The lowest BCUT2D eigenvalue weighted by molar-refractivity contribution is 0.329. The lowest BCUT2D eigenvalue weighted by Crippen LogP contribution is -2.36. The fraction of sp³-hybridized carbons (Fsp3) is 0.333. The van der Waals surface area contributed by atoms with Crippen molar-refractivity contribution in [3.63, 3.8) is 0 Å². The summed E-state index contributed by atoms with van der Waals surface area (Å²) in [6.07, 6.45) is 5.75. The van der Waals surface area contributed by atoms with Crippen LogP contribution in [0.1, 0.15) is 30.5 Å². The first-order chi connectivity index (χ1) is 11.5. The summed E-state index contributed by atoms with van der Waals surface area (Å²) >= 11 is 7.96. The summed E-state index contributed by atoms with van der Waals surface area (Å²) in [5.41, 5.74) is 5.81. The summed E-state index contributed by atoms with van der Waals surface area (Å²) in [7, 11) is 0. The van der Waals surface area contributed by atoms with Crippen LogP contribution < -0.4 is 4.31 Å². The maximum atomic E-state index is 5.97. The number of rotatable bonds is 2. The number of fused-ring (bicyclic) bond motifs is 3. The smallest absolute Gasteiger partial charge is 0.0513 e. The van der Waals surface area contributed by atoms with Crippen LogP contribution in [0.2, 0.25) is 5.02 Å². The number of aryl methyl sites for hydroxylation is 1. The highest BCUT2D eigenvalue weighted by atomic mass is 35.5. The lowest BCUT2D eigenvalue weighted by atomic mass is 9.79. The van der Waals surface area contributed by atoms with Gasteiger partial charge in [-0.25, -0.2) is 0 Å². The minimum absolute atomic E-state index is 0.235. The molecule has 0 spiro atoms. The Morgan fingerprint density at radius 3 is 2.67 bits per heavy atom. The molecule has 1 nitrogen and oxygen atoms in total. The van der Waals surface area contributed by atoms with Gasteiger partial charge in [0.2, 0.25) is 0 Å². The molecule has 24 heavy (non-hydrogen) atoms. The highest BCUT2D eigenvalue weighted by Gasteiger charge is 2.51. The molecule has 0 amide bonds. The molecular weight excluding hydrogens is 334 g/mol. The minimum Gasteiger partial charge on any atom is -0.311 e. The number of halogens is 1. The molecule has 0 radical (unpaired) electrons. The molecule has 2 aromatic rings. The third-order valence-corrected chi connectivity index (χ3v) is 7.38. The van der Waals surface area contributed by atoms with E-state index in [2.05, 4.69) is 67.6 Å². The Hall–Kier alpha value is -1.38. The number of benzene rings is 2. The van der Waals surface area contributed by atoms with E-state index in [9.17, 15) is 0 Å². The van der Waals surface area contributed by atoms with Crippen LogP contribution in [0.3, 0.4) is 0 Å². The Morgan fingerprint density at radius 1 is 1.17 bits per heavy atom. The highest BCUT2D eigenvalue weighted by Crippen LogP contribution is 2.55. The number of nitrogens with zero attached hydrogens (tertiary/aromatic N) is 1. The van der Waals surface area contributed by atoms with Gasteiger partial charge in [0.05, 0.1) is 17.0 Å². The third kappa shape index (κ3) is 2.57. The zero-order valence-electron chi connectivity index (χ0n) is 14.3. The van der Waals surface area contributed by atoms with E-state index >= 15 is 0 Å². The van der Waals surface area contributed by atoms with E-state index in [4.69, 9.17) is 11.6 Å². The molecule has 2 unspecified atom stereocenters. The van der Waals surface area contributed by atoms with Crippen molar-refractivity contribution < 1.29 is 0 Å². The first-order valence-corrected chi connectivity index (χ1v) is 9.66. The zero-order chi connectivity index (χ0) is 16.9. The maximum Gasteiger partial charge on any atom is 0.0513 e. The van der Waals surface area contributed by atoms with Crippen LogP contribution in [-0.4, -0.2) is 11.3 Å². The van der Waals surface area contributed by atoms with E-state index < -0.39 is 0 Å². The maximum absolute atomic E-state index is 5.97. The highest BCUT2D eigenvalue weighted by molar-refractivity contribution is 8.01. The monoisotopic (exact) mass is 355 g/mol. The van der Waals surface area contributed by atoms with E-state index in [0.717, 1.165) is 11.4 Å². The van der Waals surface area contributed by atoms with Crippen molar-refractivity contribution in [1.82, 2.24) is 0 Å². The van der Waals surface area contributed by atoms with E-state index in [1.54, 1.807) is 0 Å². The quantitative estimate of drug-likeness (QED) is 0.594. The normalized spacial score (nSPS) is 24.4. The number of hydrogen-bond acceptors (Lipinski definition) is 2. The van der Waals surface area contributed by atoms with Gasteiger partial charge < -0.3 is 4.31 Å². The van der Waals surface area contributed by atoms with Crippen LogP contribution in [-0.2, 0) is 6.42 Å². The Kier molecular flexibility index (Phi) is 3.93. The molecule has 0 aromatic heterocycles. The van der Waals surface area contributed by atoms with Gasteiger partial charge in [-0.15, -0.1) is 0 Å². The molecule has 1 fully saturated rings. The van der Waals surface area contributed by atoms with Crippen LogP contribution in [0.5, 0.6) is 0 Å². The summed E-state index contributed by atoms with van der Waals surface area (Å²) in [6.45, 7) is 7.04. The molecule has 1 saturated heterocycles. The number of hydrogen-bond donors (Lipinski definition) is 0. The van der Waals surface area contributed by atoms with Gasteiger partial charge in [0.1, 0.15) is 0 Å². The SMILES string of the molecule is Cc1cccc2c1CC1N2SC(C=Cc2ccc(Cl)cc2)C1(C)C. The van der Waals surface area contributed by atoms with Gasteiger partial charge in [-0.3, -0.25) is 0 Å². The Bertz CT molecular complexity index is 794. The molecule has 2 aliphatic heterocycles.